The van der Waals surface area contributed by atoms with Gasteiger partial charge in [0.15, 0.2) is 17.3 Å². The third kappa shape index (κ3) is 4.92. The molecular weight excluding hydrogens is 470 g/mol. The Labute approximate surface area is 209 Å². The standard InChI is InChI=1S/C27H28ClNO6/c1-15-24(27(32)35-11-10-33-2)25(16-8-9-21(30)23(14-16)34-3)26-20(29-15)12-17(13-22(26)31)18-6-4-5-7-19(18)28/h4-9,14,17,25,29-30H,10-13H2,1-3H3/t17-,25-/m1/s1. The lowest BCUT2D eigenvalue weighted by molar-refractivity contribution is -0.140. The van der Waals surface area contributed by atoms with Crippen molar-refractivity contribution in [3.05, 3.63) is 81.2 Å². The van der Waals surface area contributed by atoms with Gasteiger partial charge in [-0.05, 0) is 48.6 Å². The molecule has 4 rings (SSSR count). The largest absolute Gasteiger partial charge is 0.504 e. The van der Waals surface area contributed by atoms with Gasteiger partial charge in [0.1, 0.15) is 6.61 Å². The fraction of sp³-hybridized carbons (Fsp3) is 0.333. The van der Waals surface area contributed by atoms with E-state index in [1.165, 1.54) is 20.3 Å². The minimum absolute atomic E-state index is 0.0296. The average molecular weight is 498 g/mol. The first-order valence-corrected chi connectivity index (χ1v) is 11.7. The van der Waals surface area contributed by atoms with E-state index in [-0.39, 0.29) is 42.8 Å². The van der Waals surface area contributed by atoms with E-state index >= 15 is 0 Å². The van der Waals surface area contributed by atoms with Crippen LogP contribution < -0.4 is 10.1 Å². The normalized spacial score (nSPS) is 19.8. The molecule has 0 saturated heterocycles. The number of hydrogen-bond acceptors (Lipinski definition) is 7. The van der Waals surface area contributed by atoms with Crippen LogP contribution in [0.1, 0.15) is 42.7 Å². The van der Waals surface area contributed by atoms with E-state index < -0.39 is 11.9 Å². The first kappa shape index (κ1) is 24.8. The van der Waals surface area contributed by atoms with Crippen molar-refractivity contribution in [1.29, 1.82) is 0 Å². The molecule has 2 N–H and O–H groups in total. The second-order valence-corrected chi connectivity index (χ2v) is 9.01. The van der Waals surface area contributed by atoms with Crippen molar-refractivity contribution in [2.75, 3.05) is 27.4 Å². The number of rotatable bonds is 7. The number of allylic oxidation sites excluding steroid dienone is 3. The van der Waals surface area contributed by atoms with E-state index in [1.54, 1.807) is 19.1 Å². The molecule has 0 radical (unpaired) electrons. The van der Waals surface area contributed by atoms with Crippen LogP contribution in [0.3, 0.4) is 0 Å². The number of ether oxygens (including phenoxy) is 3. The number of carbonyl (C=O) groups excluding carboxylic acids is 2. The average Bonchev–Trinajstić information content (AvgIpc) is 2.83. The minimum Gasteiger partial charge on any atom is -0.504 e. The van der Waals surface area contributed by atoms with E-state index in [2.05, 4.69) is 5.32 Å². The summed E-state index contributed by atoms with van der Waals surface area (Å²) in [6.07, 6.45) is 0.834. The maximum Gasteiger partial charge on any atom is 0.336 e. The van der Waals surface area contributed by atoms with Crippen molar-refractivity contribution in [3.8, 4) is 11.5 Å². The Balaban J connectivity index is 1.79. The SMILES string of the molecule is COCCOC(=O)C1=C(C)NC2=C(C(=O)C[C@H](c3ccccc3Cl)C2)[C@@H]1c1ccc(O)c(OC)c1. The summed E-state index contributed by atoms with van der Waals surface area (Å²) in [6, 6.07) is 12.4. The number of methoxy groups -OCH3 is 2. The molecule has 2 atom stereocenters. The molecule has 0 bridgehead atoms. The van der Waals surface area contributed by atoms with Gasteiger partial charge in [-0.15, -0.1) is 0 Å². The van der Waals surface area contributed by atoms with E-state index in [4.69, 9.17) is 25.8 Å². The van der Waals surface area contributed by atoms with E-state index in [9.17, 15) is 14.7 Å². The molecule has 0 fully saturated rings. The monoisotopic (exact) mass is 497 g/mol. The summed E-state index contributed by atoms with van der Waals surface area (Å²) < 4.78 is 15.8. The highest BCUT2D eigenvalue weighted by Crippen LogP contribution is 2.47. The third-order valence-electron chi connectivity index (χ3n) is 6.45. The topological polar surface area (TPSA) is 94.1 Å². The molecular formula is C27H28ClNO6. The summed E-state index contributed by atoms with van der Waals surface area (Å²) in [5.74, 6) is -1.13. The van der Waals surface area contributed by atoms with Crippen molar-refractivity contribution < 1.29 is 28.9 Å². The molecule has 0 saturated carbocycles. The number of aromatic hydroxyl groups is 1. The van der Waals surface area contributed by atoms with Gasteiger partial charge >= 0.3 is 5.97 Å². The van der Waals surface area contributed by atoms with Gasteiger partial charge in [0.25, 0.3) is 0 Å². The molecule has 0 amide bonds. The lowest BCUT2D eigenvalue weighted by Crippen LogP contribution is -2.36. The molecule has 0 spiro atoms. The maximum absolute atomic E-state index is 13.6. The molecule has 35 heavy (non-hydrogen) atoms. The second-order valence-electron chi connectivity index (χ2n) is 8.60. The number of ketones is 1. The van der Waals surface area contributed by atoms with Crippen molar-refractivity contribution in [2.45, 2.75) is 31.6 Å². The smallest absolute Gasteiger partial charge is 0.336 e. The number of benzene rings is 2. The summed E-state index contributed by atoms with van der Waals surface area (Å²) in [5.41, 5.74) is 3.80. The van der Waals surface area contributed by atoms with Crippen LogP contribution >= 0.6 is 11.6 Å². The fourth-order valence-electron chi connectivity index (χ4n) is 4.84. The number of hydrogen-bond donors (Lipinski definition) is 2. The van der Waals surface area contributed by atoms with Crippen molar-refractivity contribution in [1.82, 2.24) is 5.32 Å². The van der Waals surface area contributed by atoms with Gasteiger partial charge in [0.2, 0.25) is 0 Å². The molecule has 2 aliphatic rings. The quantitative estimate of drug-likeness (QED) is 0.426. The van der Waals surface area contributed by atoms with Gasteiger partial charge in [0.05, 0.1) is 19.3 Å². The molecule has 2 aromatic carbocycles. The van der Waals surface area contributed by atoms with Crippen LogP contribution in [-0.2, 0) is 19.1 Å². The Hall–Kier alpha value is -3.29. The molecule has 2 aromatic rings. The van der Waals surface area contributed by atoms with Gasteiger partial charge in [-0.3, -0.25) is 4.79 Å². The summed E-state index contributed by atoms with van der Waals surface area (Å²) in [6.45, 7) is 2.15. The zero-order valence-corrected chi connectivity index (χ0v) is 20.6. The van der Waals surface area contributed by atoms with Gasteiger partial charge < -0.3 is 24.6 Å². The lowest BCUT2D eigenvalue weighted by Gasteiger charge is -2.37. The Morgan fingerprint density at radius 3 is 2.63 bits per heavy atom. The van der Waals surface area contributed by atoms with E-state index in [1.807, 2.05) is 24.3 Å². The van der Waals surface area contributed by atoms with Crippen LogP contribution in [0.4, 0.5) is 0 Å². The van der Waals surface area contributed by atoms with Crippen LogP contribution in [0.25, 0.3) is 0 Å². The van der Waals surface area contributed by atoms with Crippen LogP contribution in [0, 0.1) is 0 Å². The summed E-state index contributed by atoms with van der Waals surface area (Å²) in [5, 5.41) is 14.1. The Bertz CT molecular complexity index is 1220. The lowest BCUT2D eigenvalue weighted by atomic mass is 9.71. The van der Waals surface area contributed by atoms with Gasteiger partial charge in [0, 0.05) is 41.4 Å². The summed E-state index contributed by atoms with van der Waals surface area (Å²) in [4.78, 5) is 26.8. The van der Waals surface area contributed by atoms with Crippen LogP contribution in [-0.4, -0.2) is 44.3 Å². The molecule has 8 heteroatoms. The number of Topliss-reactive ketones (excluding diaryl/α,β-unsaturated/α-hetero) is 1. The predicted octanol–water partition coefficient (Wildman–Crippen LogP) is 4.61. The molecule has 0 unspecified atom stereocenters. The number of phenols is 1. The summed E-state index contributed by atoms with van der Waals surface area (Å²) in [7, 11) is 2.98. The van der Waals surface area contributed by atoms with Gasteiger partial charge in [-0.25, -0.2) is 4.79 Å². The number of carbonyl (C=O) groups is 2. The van der Waals surface area contributed by atoms with Crippen molar-refractivity contribution in [2.24, 2.45) is 0 Å². The highest BCUT2D eigenvalue weighted by Gasteiger charge is 2.42. The summed E-state index contributed by atoms with van der Waals surface area (Å²) >= 11 is 6.44. The Morgan fingerprint density at radius 2 is 1.91 bits per heavy atom. The zero-order valence-electron chi connectivity index (χ0n) is 19.9. The molecule has 1 heterocycles. The number of nitrogens with one attached hydrogen (secondary N) is 1. The molecule has 7 nitrogen and oxygen atoms in total. The molecule has 1 aliphatic carbocycles. The third-order valence-corrected chi connectivity index (χ3v) is 6.79. The number of phenolic OH excluding ortho intramolecular Hbond substituents is 1. The highest BCUT2D eigenvalue weighted by atomic mass is 35.5. The van der Waals surface area contributed by atoms with Crippen molar-refractivity contribution in [3.63, 3.8) is 0 Å². The van der Waals surface area contributed by atoms with Crippen molar-refractivity contribution >= 4 is 23.4 Å². The van der Waals surface area contributed by atoms with E-state index in [0.717, 1.165) is 11.3 Å². The van der Waals surface area contributed by atoms with Gasteiger partial charge in [-0.2, -0.15) is 0 Å². The molecule has 0 aromatic heterocycles. The first-order chi connectivity index (χ1) is 16.8. The Morgan fingerprint density at radius 1 is 1.14 bits per heavy atom. The van der Waals surface area contributed by atoms with Crippen LogP contribution in [0.15, 0.2) is 65.0 Å². The fourth-order valence-corrected chi connectivity index (χ4v) is 5.13. The second kappa shape index (κ2) is 10.5. The van der Waals surface area contributed by atoms with Crippen LogP contribution in [0.2, 0.25) is 5.02 Å². The first-order valence-electron chi connectivity index (χ1n) is 11.4. The van der Waals surface area contributed by atoms with Crippen LogP contribution in [0.5, 0.6) is 11.5 Å². The van der Waals surface area contributed by atoms with Gasteiger partial charge in [-0.1, -0.05) is 35.9 Å². The Kier molecular flexibility index (Phi) is 7.48. The zero-order chi connectivity index (χ0) is 25.1. The number of dihydropyridines is 1. The number of halogens is 1. The van der Waals surface area contributed by atoms with E-state index in [0.29, 0.717) is 33.9 Å². The predicted molar refractivity (Wildman–Crippen MR) is 132 cm³/mol. The molecule has 1 aliphatic heterocycles. The highest BCUT2D eigenvalue weighted by molar-refractivity contribution is 6.31. The number of esters is 1. The minimum atomic E-state index is -0.671. The molecule has 184 valence electrons. The maximum atomic E-state index is 13.6.